The molecule has 0 aliphatic carbocycles. The highest BCUT2D eigenvalue weighted by molar-refractivity contribution is 5.93. The molecule has 1 aromatic carbocycles. The molecule has 2 N–H and O–H groups in total. The third kappa shape index (κ3) is 3.30. The Morgan fingerprint density at radius 2 is 2.19 bits per heavy atom. The molecule has 114 valence electrons. The topological polar surface area (TPSA) is 78.9 Å². The van der Waals surface area contributed by atoms with Crippen molar-refractivity contribution in [1.82, 2.24) is 4.90 Å². The van der Waals surface area contributed by atoms with Crippen LogP contribution in [0.4, 0.5) is 14.9 Å². The maximum atomic E-state index is 13.7. The summed E-state index contributed by atoms with van der Waals surface area (Å²) in [6, 6.07) is 2.79. The van der Waals surface area contributed by atoms with Gasteiger partial charge in [-0.2, -0.15) is 0 Å². The number of likely N-dealkylation sites (tertiary alicyclic amines) is 1. The van der Waals surface area contributed by atoms with Crippen molar-refractivity contribution in [2.75, 3.05) is 19.0 Å². The van der Waals surface area contributed by atoms with Gasteiger partial charge >= 0.3 is 12.0 Å². The van der Waals surface area contributed by atoms with Crippen LogP contribution in [-0.4, -0.2) is 47.8 Å². The second kappa shape index (κ2) is 6.09. The number of urea groups is 1. The fourth-order valence-corrected chi connectivity index (χ4v) is 2.34. The molecule has 1 aliphatic rings. The van der Waals surface area contributed by atoms with Crippen molar-refractivity contribution >= 4 is 17.7 Å². The first-order valence-corrected chi connectivity index (χ1v) is 6.51. The minimum Gasteiger partial charge on any atom is -0.480 e. The molecule has 0 saturated carbocycles. The van der Waals surface area contributed by atoms with Gasteiger partial charge in [-0.05, 0) is 24.6 Å². The highest BCUT2D eigenvalue weighted by Gasteiger charge is 2.40. The third-order valence-corrected chi connectivity index (χ3v) is 3.51. The van der Waals surface area contributed by atoms with E-state index in [0.717, 1.165) is 10.5 Å². The second-order valence-corrected chi connectivity index (χ2v) is 5.01. The van der Waals surface area contributed by atoms with Crippen LogP contribution in [0.25, 0.3) is 0 Å². The van der Waals surface area contributed by atoms with Gasteiger partial charge < -0.3 is 20.1 Å². The summed E-state index contributed by atoms with van der Waals surface area (Å²) < 4.78 is 18.8. The van der Waals surface area contributed by atoms with Crippen molar-refractivity contribution < 1.29 is 23.8 Å². The number of rotatable bonds is 3. The molecule has 0 bridgehead atoms. The molecule has 21 heavy (non-hydrogen) atoms. The number of carboxylic acid groups (broad SMARTS) is 1. The molecule has 1 heterocycles. The van der Waals surface area contributed by atoms with Crippen LogP contribution >= 0.6 is 0 Å². The number of hydrogen-bond donors (Lipinski definition) is 2. The van der Waals surface area contributed by atoms with E-state index in [1.807, 2.05) is 0 Å². The van der Waals surface area contributed by atoms with E-state index in [4.69, 9.17) is 9.84 Å². The zero-order valence-corrected chi connectivity index (χ0v) is 11.8. The predicted octanol–water partition coefficient (Wildman–Crippen LogP) is 1.84. The molecule has 0 radical (unpaired) electrons. The van der Waals surface area contributed by atoms with E-state index in [9.17, 15) is 14.0 Å². The second-order valence-electron chi connectivity index (χ2n) is 5.01. The zero-order chi connectivity index (χ0) is 15.6. The highest BCUT2D eigenvalue weighted by Crippen LogP contribution is 2.22. The Bertz CT molecular complexity index is 564. The molecule has 1 saturated heterocycles. The summed E-state index contributed by atoms with van der Waals surface area (Å²) in [4.78, 5) is 24.5. The molecule has 1 aromatic rings. The maximum absolute atomic E-state index is 13.7. The summed E-state index contributed by atoms with van der Waals surface area (Å²) in [6.45, 7) is 1.89. The van der Waals surface area contributed by atoms with Crippen LogP contribution in [0.5, 0.6) is 0 Å². The Labute approximate surface area is 121 Å². The zero-order valence-electron chi connectivity index (χ0n) is 11.8. The molecule has 2 unspecified atom stereocenters. The SMILES string of the molecule is COC1CC(C(=O)O)N(C(=O)Nc2ccc(C)cc2F)C1. The molecule has 2 rings (SSSR count). The number of nitrogens with zero attached hydrogens (tertiary/aromatic N) is 1. The summed E-state index contributed by atoms with van der Waals surface area (Å²) in [5, 5.41) is 11.6. The maximum Gasteiger partial charge on any atom is 0.326 e. The normalized spacial score (nSPS) is 21.4. The van der Waals surface area contributed by atoms with Crippen molar-refractivity contribution in [3.63, 3.8) is 0 Å². The molecule has 2 atom stereocenters. The number of aryl methyl sites for hydroxylation is 1. The molecule has 0 spiro atoms. The number of methoxy groups -OCH3 is 1. The van der Waals surface area contributed by atoms with Crippen molar-refractivity contribution in [1.29, 1.82) is 0 Å². The van der Waals surface area contributed by atoms with E-state index in [0.29, 0.717) is 0 Å². The molecule has 2 amide bonds. The van der Waals surface area contributed by atoms with Crippen molar-refractivity contribution in [2.24, 2.45) is 0 Å². The van der Waals surface area contributed by atoms with Crippen molar-refractivity contribution in [3.05, 3.63) is 29.6 Å². The van der Waals surface area contributed by atoms with Gasteiger partial charge in [0, 0.05) is 20.1 Å². The van der Waals surface area contributed by atoms with Crippen LogP contribution in [0.3, 0.4) is 0 Å². The molecule has 0 aromatic heterocycles. The van der Waals surface area contributed by atoms with Gasteiger partial charge in [0.25, 0.3) is 0 Å². The molecular formula is C14H17FN2O4. The van der Waals surface area contributed by atoms with E-state index >= 15 is 0 Å². The number of ether oxygens (including phenoxy) is 1. The summed E-state index contributed by atoms with van der Waals surface area (Å²) >= 11 is 0. The van der Waals surface area contributed by atoms with E-state index in [-0.39, 0.29) is 24.8 Å². The molecule has 1 aliphatic heterocycles. The standard InChI is InChI=1S/C14H17FN2O4/c1-8-3-4-11(10(15)5-8)16-14(20)17-7-9(21-2)6-12(17)13(18)19/h3-5,9,12H,6-7H2,1-2H3,(H,16,20)(H,18,19). The van der Waals surface area contributed by atoms with Gasteiger partial charge in [0.2, 0.25) is 0 Å². The number of benzene rings is 1. The summed E-state index contributed by atoms with van der Waals surface area (Å²) in [5.41, 5.74) is 0.755. The smallest absolute Gasteiger partial charge is 0.326 e. The first-order valence-electron chi connectivity index (χ1n) is 6.51. The van der Waals surface area contributed by atoms with Crippen LogP contribution in [0.15, 0.2) is 18.2 Å². The highest BCUT2D eigenvalue weighted by atomic mass is 19.1. The van der Waals surface area contributed by atoms with Gasteiger partial charge in [-0.25, -0.2) is 14.0 Å². The van der Waals surface area contributed by atoms with Crippen LogP contribution in [0, 0.1) is 12.7 Å². The molecule has 6 nitrogen and oxygen atoms in total. The number of carbonyl (C=O) groups excluding carboxylic acids is 1. The molecular weight excluding hydrogens is 279 g/mol. The number of hydrogen-bond acceptors (Lipinski definition) is 3. The lowest BCUT2D eigenvalue weighted by Gasteiger charge is -2.21. The molecule has 1 fully saturated rings. The Balaban J connectivity index is 2.13. The van der Waals surface area contributed by atoms with Crippen molar-refractivity contribution in [3.8, 4) is 0 Å². The Hall–Kier alpha value is -2.15. The number of carboxylic acids is 1. The third-order valence-electron chi connectivity index (χ3n) is 3.51. The monoisotopic (exact) mass is 296 g/mol. The largest absolute Gasteiger partial charge is 0.480 e. The number of nitrogens with one attached hydrogen (secondary N) is 1. The lowest BCUT2D eigenvalue weighted by Crippen LogP contribution is -2.43. The van der Waals surface area contributed by atoms with Crippen LogP contribution < -0.4 is 5.32 Å². The predicted molar refractivity (Wildman–Crippen MR) is 73.7 cm³/mol. The fraction of sp³-hybridized carbons (Fsp3) is 0.429. The van der Waals surface area contributed by atoms with E-state index in [2.05, 4.69) is 5.32 Å². The van der Waals surface area contributed by atoms with E-state index in [1.54, 1.807) is 13.0 Å². The number of amides is 2. The first-order chi connectivity index (χ1) is 9.92. The van der Waals surface area contributed by atoms with Crippen LogP contribution in [-0.2, 0) is 9.53 Å². The lowest BCUT2D eigenvalue weighted by atomic mass is 10.2. The molecule has 7 heteroatoms. The quantitative estimate of drug-likeness (QED) is 0.892. The first kappa shape index (κ1) is 15.2. The minimum absolute atomic E-state index is 0.0237. The van der Waals surface area contributed by atoms with Gasteiger partial charge in [0.05, 0.1) is 11.8 Å². The number of carbonyl (C=O) groups is 2. The summed E-state index contributed by atoms with van der Waals surface area (Å²) in [6.07, 6.45) is -0.116. The average molecular weight is 296 g/mol. The number of anilines is 1. The number of halogens is 1. The average Bonchev–Trinajstić information content (AvgIpc) is 2.86. The van der Waals surface area contributed by atoms with Crippen LogP contribution in [0.2, 0.25) is 0 Å². The van der Waals surface area contributed by atoms with E-state index in [1.165, 1.54) is 19.2 Å². The summed E-state index contributed by atoms with van der Waals surface area (Å²) in [5.74, 6) is -1.66. The van der Waals surface area contributed by atoms with Gasteiger partial charge in [-0.1, -0.05) is 6.07 Å². The lowest BCUT2D eigenvalue weighted by molar-refractivity contribution is -0.141. The minimum atomic E-state index is -1.10. The van der Waals surface area contributed by atoms with E-state index < -0.39 is 23.9 Å². The van der Waals surface area contributed by atoms with Gasteiger partial charge in [0.1, 0.15) is 11.9 Å². The Morgan fingerprint density at radius 1 is 1.48 bits per heavy atom. The Morgan fingerprint density at radius 3 is 2.76 bits per heavy atom. The van der Waals surface area contributed by atoms with Gasteiger partial charge in [-0.3, -0.25) is 0 Å². The number of aliphatic carboxylic acids is 1. The van der Waals surface area contributed by atoms with Crippen LogP contribution in [0.1, 0.15) is 12.0 Å². The van der Waals surface area contributed by atoms with Crippen molar-refractivity contribution in [2.45, 2.75) is 25.5 Å². The fourth-order valence-electron chi connectivity index (χ4n) is 2.34. The summed E-state index contributed by atoms with van der Waals surface area (Å²) in [7, 11) is 1.46. The van der Waals surface area contributed by atoms with Gasteiger partial charge in [-0.15, -0.1) is 0 Å². The Kier molecular flexibility index (Phi) is 4.42. The van der Waals surface area contributed by atoms with Gasteiger partial charge in [0.15, 0.2) is 0 Å².